The van der Waals surface area contributed by atoms with E-state index < -0.39 is 41.9 Å². The number of aromatic nitrogens is 5. The van der Waals surface area contributed by atoms with Crippen LogP contribution in [0.25, 0.3) is 22.0 Å². The van der Waals surface area contributed by atoms with Crippen molar-refractivity contribution < 1.29 is 28.3 Å². The van der Waals surface area contributed by atoms with E-state index >= 15 is 4.39 Å². The number of carbonyl (C=O) groups excluding carboxylic acids is 4. The van der Waals surface area contributed by atoms with Crippen LogP contribution >= 0.6 is 15.9 Å². The Balaban J connectivity index is 1.76. The summed E-state index contributed by atoms with van der Waals surface area (Å²) < 4.78 is 23.4. The minimum absolute atomic E-state index is 0.103. The second-order valence-electron chi connectivity index (χ2n) is 10.8. The highest BCUT2D eigenvalue weighted by molar-refractivity contribution is 9.10. The number of nitrogens with one attached hydrogen (secondary N) is 1. The van der Waals surface area contributed by atoms with Crippen LogP contribution in [0.5, 0.6) is 5.75 Å². The Morgan fingerprint density at radius 1 is 1.13 bits per heavy atom. The zero-order valence-corrected chi connectivity index (χ0v) is 26.7. The molecule has 4 heterocycles. The van der Waals surface area contributed by atoms with Gasteiger partial charge in [-0.2, -0.15) is 5.10 Å². The molecule has 3 amide bonds. The molecule has 3 unspecified atom stereocenters. The summed E-state index contributed by atoms with van der Waals surface area (Å²) in [5.41, 5.74) is -0.934. The Morgan fingerprint density at radius 3 is 2.47 bits per heavy atom. The van der Waals surface area contributed by atoms with Crippen molar-refractivity contribution in [2.75, 3.05) is 32.6 Å². The van der Waals surface area contributed by atoms with Crippen LogP contribution in [-0.2, 0) is 24.8 Å². The fourth-order valence-corrected chi connectivity index (χ4v) is 5.85. The van der Waals surface area contributed by atoms with Gasteiger partial charge in [-0.15, -0.1) is 0 Å². The van der Waals surface area contributed by atoms with Crippen molar-refractivity contribution in [3.05, 3.63) is 59.3 Å². The highest BCUT2D eigenvalue weighted by Crippen LogP contribution is 2.45. The molecule has 1 fully saturated rings. The summed E-state index contributed by atoms with van der Waals surface area (Å²) in [4.78, 5) is 68.3. The van der Waals surface area contributed by atoms with Crippen molar-refractivity contribution in [3.63, 3.8) is 0 Å². The van der Waals surface area contributed by atoms with Gasteiger partial charge in [0.05, 0.1) is 18.3 Å². The number of likely N-dealkylation sites (N-methyl/N-ethyl adjacent to an activating group) is 1. The largest absolute Gasteiger partial charge is 0.483 e. The third kappa shape index (κ3) is 5.75. The summed E-state index contributed by atoms with van der Waals surface area (Å²) in [5, 5.41) is 7.63. The van der Waals surface area contributed by atoms with Crippen molar-refractivity contribution >= 4 is 56.2 Å². The van der Waals surface area contributed by atoms with Crippen LogP contribution in [0, 0.1) is 12.8 Å². The summed E-state index contributed by atoms with van der Waals surface area (Å²) >= 11 is 3.26. The molecule has 1 aromatic carbocycles. The molecule has 3 atom stereocenters. The van der Waals surface area contributed by atoms with Gasteiger partial charge >= 0.3 is 0 Å². The highest BCUT2D eigenvalue weighted by Gasteiger charge is 2.64. The summed E-state index contributed by atoms with van der Waals surface area (Å²) in [5.74, 6) is -3.28. The van der Waals surface area contributed by atoms with Crippen LogP contribution in [0.1, 0.15) is 19.7 Å². The number of hydrogen-bond donors (Lipinski definition) is 1. The number of nitrogens with zero attached hydrogens (tertiary/aromatic N) is 7. The standard InChI is InChI=1S/C30H30BrFN8O5/c1-16(41)28-22(32)14-39(18(3)42)30(28,29(44)37-26-8-6-7-25(31)36-26)40-23-10-24(45-15-27(43)38(4)5)21(9-19(23)13-35-40)20-11-33-17(2)34-12-20/h6-13,22,28H,14-15H2,1-5H3,(H,36,37,44). The maximum atomic E-state index is 15.8. The molecule has 1 N–H and O–H groups in total. The first-order chi connectivity index (χ1) is 21.3. The molecule has 0 aliphatic carbocycles. The number of ketones is 1. The molecule has 1 aliphatic heterocycles. The van der Waals surface area contributed by atoms with Gasteiger partial charge in [0.2, 0.25) is 11.6 Å². The minimum atomic E-state index is -2.27. The first kappa shape index (κ1) is 31.6. The molecule has 0 saturated carbocycles. The van der Waals surface area contributed by atoms with Crippen LogP contribution in [0.3, 0.4) is 0 Å². The molecule has 1 aliphatic rings. The SMILES string of the molecule is CC(=O)C1C(F)CN(C(C)=O)C1(C(=O)Nc1cccc(Br)n1)n1ncc2cc(-c3cnc(C)nc3)c(OCC(=O)N(C)C)cc21. The smallest absolute Gasteiger partial charge is 0.275 e. The molecule has 5 rings (SSSR count). The molecule has 1 saturated heterocycles. The molecule has 234 valence electrons. The highest BCUT2D eigenvalue weighted by atomic mass is 79.9. The molecule has 0 spiro atoms. The van der Waals surface area contributed by atoms with Crippen molar-refractivity contribution in [3.8, 4) is 16.9 Å². The van der Waals surface area contributed by atoms with Crippen molar-refractivity contribution in [1.29, 1.82) is 0 Å². The topological polar surface area (TPSA) is 153 Å². The molecular formula is C30H30BrFN8O5. The lowest BCUT2D eigenvalue weighted by molar-refractivity contribution is -0.153. The van der Waals surface area contributed by atoms with E-state index in [-0.39, 0.29) is 29.6 Å². The van der Waals surface area contributed by atoms with E-state index in [1.807, 2.05) is 0 Å². The molecule has 13 nitrogen and oxygen atoms in total. The lowest BCUT2D eigenvalue weighted by atomic mass is 9.87. The number of fused-ring (bicyclic) bond motifs is 1. The fraction of sp³-hybridized carbons (Fsp3) is 0.333. The Labute approximate surface area is 265 Å². The van der Waals surface area contributed by atoms with E-state index in [9.17, 15) is 19.2 Å². The molecule has 3 aromatic heterocycles. The lowest BCUT2D eigenvalue weighted by Crippen LogP contribution is -2.61. The maximum Gasteiger partial charge on any atom is 0.275 e. The normalized spacial score (nSPS) is 19.4. The van der Waals surface area contributed by atoms with Gasteiger partial charge in [-0.3, -0.25) is 19.2 Å². The van der Waals surface area contributed by atoms with Crippen molar-refractivity contribution in [2.45, 2.75) is 32.6 Å². The van der Waals surface area contributed by atoms with Crippen LogP contribution < -0.4 is 10.1 Å². The number of aryl methyl sites for hydroxylation is 1. The van der Waals surface area contributed by atoms with E-state index in [0.29, 0.717) is 26.9 Å². The first-order valence-electron chi connectivity index (χ1n) is 13.9. The van der Waals surface area contributed by atoms with Crippen LogP contribution in [-0.4, -0.2) is 91.5 Å². The summed E-state index contributed by atoms with van der Waals surface area (Å²) in [6, 6.07) is 8.04. The predicted molar refractivity (Wildman–Crippen MR) is 165 cm³/mol. The lowest BCUT2D eigenvalue weighted by Gasteiger charge is -2.39. The Kier molecular flexibility index (Phi) is 8.65. The average molecular weight is 682 g/mol. The van der Waals surface area contributed by atoms with Gasteiger partial charge in [0.1, 0.15) is 39.9 Å². The molecule has 0 radical (unpaired) electrons. The zero-order chi connectivity index (χ0) is 32.6. The monoisotopic (exact) mass is 680 g/mol. The van der Waals surface area contributed by atoms with E-state index in [1.54, 1.807) is 51.6 Å². The molecule has 45 heavy (non-hydrogen) atoms. The van der Waals surface area contributed by atoms with Crippen LogP contribution in [0.4, 0.5) is 10.2 Å². The summed E-state index contributed by atoms with van der Waals surface area (Å²) in [6.07, 6.45) is 2.75. The summed E-state index contributed by atoms with van der Waals surface area (Å²) in [7, 11) is 3.18. The van der Waals surface area contributed by atoms with E-state index in [1.165, 1.54) is 41.8 Å². The van der Waals surface area contributed by atoms with Gasteiger partial charge in [-0.05, 0) is 48.0 Å². The number of halogens is 2. The number of Topliss-reactive ketones (excluding diaryl/α,β-unsaturated/α-hetero) is 1. The quantitative estimate of drug-likeness (QED) is 0.277. The van der Waals surface area contributed by atoms with Crippen molar-refractivity contribution in [1.82, 2.24) is 34.5 Å². The number of pyridine rings is 1. The fourth-order valence-electron chi connectivity index (χ4n) is 5.51. The molecular weight excluding hydrogens is 651 g/mol. The second-order valence-corrected chi connectivity index (χ2v) is 11.6. The number of likely N-dealkylation sites (tertiary alicyclic amines) is 1. The van der Waals surface area contributed by atoms with Gasteiger partial charge in [-0.1, -0.05) is 6.07 Å². The first-order valence-corrected chi connectivity index (χ1v) is 14.6. The number of benzene rings is 1. The Morgan fingerprint density at radius 2 is 1.84 bits per heavy atom. The third-order valence-corrected chi connectivity index (χ3v) is 8.05. The number of anilines is 1. The van der Waals surface area contributed by atoms with Gasteiger partial charge in [-0.25, -0.2) is 24.0 Å². The minimum Gasteiger partial charge on any atom is -0.483 e. The molecule has 0 bridgehead atoms. The van der Waals surface area contributed by atoms with Gasteiger partial charge < -0.3 is 19.9 Å². The van der Waals surface area contributed by atoms with Crippen LogP contribution in [0.15, 0.2) is 53.5 Å². The van der Waals surface area contributed by atoms with Gasteiger partial charge in [0, 0.05) is 56.0 Å². The second kappa shape index (κ2) is 12.3. The number of alkyl halides is 1. The third-order valence-electron chi connectivity index (χ3n) is 7.61. The van der Waals surface area contributed by atoms with Crippen LogP contribution in [0.2, 0.25) is 0 Å². The van der Waals surface area contributed by atoms with E-state index in [0.717, 1.165) is 4.90 Å². The van der Waals surface area contributed by atoms with Crippen molar-refractivity contribution in [2.24, 2.45) is 5.92 Å². The van der Waals surface area contributed by atoms with Gasteiger partial charge in [0.15, 0.2) is 6.61 Å². The van der Waals surface area contributed by atoms with E-state index in [4.69, 9.17) is 4.74 Å². The zero-order valence-electron chi connectivity index (χ0n) is 25.1. The van der Waals surface area contributed by atoms with E-state index in [2.05, 4.69) is 41.3 Å². The maximum absolute atomic E-state index is 15.8. The Hall–Kier alpha value is -4.79. The predicted octanol–water partition coefficient (Wildman–Crippen LogP) is 3.12. The number of amides is 3. The Bertz CT molecular complexity index is 1810. The number of rotatable bonds is 8. The molecule has 15 heteroatoms. The number of ether oxygens (including phenoxy) is 1. The average Bonchev–Trinajstić information content (AvgIpc) is 3.54. The van der Waals surface area contributed by atoms with Gasteiger partial charge in [0.25, 0.3) is 11.8 Å². The molecule has 4 aromatic rings. The number of carbonyl (C=O) groups is 4. The number of hydrogen-bond acceptors (Lipinski definition) is 9. The summed E-state index contributed by atoms with van der Waals surface area (Å²) in [6.45, 7) is 3.25.